The molecule has 96 valence electrons. The Morgan fingerprint density at radius 1 is 1.47 bits per heavy atom. The number of thiol groups is 1. The SMILES string of the molecule is COC(=O)CNC(=O)CC(/C=C/CS)OC=O. The van der Waals surface area contributed by atoms with Gasteiger partial charge in [-0.05, 0) is 6.08 Å². The van der Waals surface area contributed by atoms with Crippen LogP contribution in [-0.4, -0.2) is 43.9 Å². The Labute approximate surface area is 105 Å². The van der Waals surface area contributed by atoms with Gasteiger partial charge in [-0.25, -0.2) is 0 Å². The second-order valence-corrected chi connectivity index (χ2v) is 3.30. The van der Waals surface area contributed by atoms with Crippen LogP contribution in [0.3, 0.4) is 0 Å². The van der Waals surface area contributed by atoms with E-state index in [0.717, 1.165) is 0 Å². The number of nitrogens with one attached hydrogen (secondary N) is 1. The fraction of sp³-hybridized carbons (Fsp3) is 0.500. The Bertz CT molecular complexity index is 292. The van der Waals surface area contributed by atoms with E-state index in [1.54, 1.807) is 12.2 Å². The van der Waals surface area contributed by atoms with Gasteiger partial charge < -0.3 is 14.8 Å². The van der Waals surface area contributed by atoms with Crippen molar-refractivity contribution in [3.63, 3.8) is 0 Å². The Morgan fingerprint density at radius 3 is 2.71 bits per heavy atom. The van der Waals surface area contributed by atoms with Gasteiger partial charge >= 0.3 is 5.97 Å². The van der Waals surface area contributed by atoms with Gasteiger partial charge in [0.05, 0.1) is 13.5 Å². The molecule has 1 N–H and O–H groups in total. The Balaban J connectivity index is 4.07. The quantitative estimate of drug-likeness (QED) is 0.271. The zero-order valence-electron chi connectivity index (χ0n) is 9.42. The lowest BCUT2D eigenvalue weighted by Crippen LogP contribution is -2.32. The predicted molar refractivity (Wildman–Crippen MR) is 63.6 cm³/mol. The standard InChI is InChI=1S/C10H15NO5S/c1-15-10(14)6-11-9(13)5-8(16-7-12)3-2-4-17/h2-3,7-8,17H,4-6H2,1H3,(H,11,13)/b3-2+. The van der Waals surface area contributed by atoms with Crippen LogP contribution < -0.4 is 5.32 Å². The summed E-state index contributed by atoms with van der Waals surface area (Å²) in [6.07, 6.45) is 2.50. The van der Waals surface area contributed by atoms with Gasteiger partial charge in [0.15, 0.2) is 0 Å². The summed E-state index contributed by atoms with van der Waals surface area (Å²) >= 11 is 3.94. The van der Waals surface area contributed by atoms with Crippen LogP contribution in [0.4, 0.5) is 0 Å². The van der Waals surface area contributed by atoms with Crippen molar-refractivity contribution in [2.75, 3.05) is 19.4 Å². The van der Waals surface area contributed by atoms with Crippen molar-refractivity contribution >= 4 is 31.0 Å². The number of carbonyl (C=O) groups is 3. The molecule has 0 heterocycles. The van der Waals surface area contributed by atoms with Crippen LogP contribution in [0.1, 0.15) is 6.42 Å². The highest BCUT2D eigenvalue weighted by molar-refractivity contribution is 7.80. The summed E-state index contributed by atoms with van der Waals surface area (Å²) in [7, 11) is 1.22. The van der Waals surface area contributed by atoms with Crippen molar-refractivity contribution in [3.05, 3.63) is 12.2 Å². The summed E-state index contributed by atoms with van der Waals surface area (Å²) in [5.74, 6) is -0.481. The molecule has 0 aromatic carbocycles. The lowest BCUT2D eigenvalue weighted by atomic mass is 10.2. The summed E-state index contributed by atoms with van der Waals surface area (Å²) in [6, 6.07) is 0. The van der Waals surface area contributed by atoms with Crippen molar-refractivity contribution in [1.29, 1.82) is 0 Å². The number of ether oxygens (including phenoxy) is 2. The molecule has 0 saturated heterocycles. The molecule has 1 unspecified atom stereocenters. The van der Waals surface area contributed by atoms with Crippen LogP contribution in [0.15, 0.2) is 12.2 Å². The smallest absolute Gasteiger partial charge is 0.325 e. The first-order valence-corrected chi connectivity index (χ1v) is 5.47. The zero-order valence-corrected chi connectivity index (χ0v) is 10.3. The minimum atomic E-state index is -0.655. The average molecular weight is 261 g/mol. The molecule has 6 nitrogen and oxygen atoms in total. The van der Waals surface area contributed by atoms with E-state index in [1.165, 1.54) is 7.11 Å². The first-order chi connectivity index (χ1) is 8.13. The third-order valence-electron chi connectivity index (χ3n) is 1.73. The summed E-state index contributed by atoms with van der Waals surface area (Å²) in [5.41, 5.74) is 0. The monoisotopic (exact) mass is 261 g/mol. The van der Waals surface area contributed by atoms with Crippen LogP contribution >= 0.6 is 12.6 Å². The number of rotatable bonds is 8. The third kappa shape index (κ3) is 8.32. The van der Waals surface area contributed by atoms with Gasteiger partial charge in [-0.15, -0.1) is 0 Å². The number of esters is 1. The van der Waals surface area contributed by atoms with Crippen molar-refractivity contribution < 1.29 is 23.9 Å². The molecule has 0 saturated carbocycles. The lowest BCUT2D eigenvalue weighted by molar-refractivity contribution is -0.142. The Kier molecular flexibility index (Phi) is 8.85. The van der Waals surface area contributed by atoms with E-state index in [2.05, 4.69) is 27.4 Å². The normalized spacial score (nSPS) is 11.9. The van der Waals surface area contributed by atoms with E-state index >= 15 is 0 Å². The molecule has 0 fully saturated rings. The molecule has 0 radical (unpaired) electrons. The fourth-order valence-electron chi connectivity index (χ4n) is 0.943. The molecular formula is C10H15NO5S. The predicted octanol–water partition coefficient (Wildman–Crippen LogP) is -0.307. The van der Waals surface area contributed by atoms with Gasteiger partial charge in [-0.1, -0.05) is 6.08 Å². The Morgan fingerprint density at radius 2 is 2.18 bits per heavy atom. The summed E-state index contributed by atoms with van der Waals surface area (Å²) in [6.45, 7) is 0.0561. The number of hydrogen-bond acceptors (Lipinski definition) is 6. The van der Waals surface area contributed by atoms with E-state index < -0.39 is 18.0 Å². The maximum atomic E-state index is 11.3. The van der Waals surface area contributed by atoms with E-state index in [9.17, 15) is 14.4 Å². The average Bonchev–Trinajstić information content (AvgIpc) is 2.33. The highest BCUT2D eigenvalue weighted by atomic mass is 32.1. The molecule has 0 aromatic rings. The Hall–Kier alpha value is -1.50. The highest BCUT2D eigenvalue weighted by Crippen LogP contribution is 2.00. The molecule has 0 aromatic heterocycles. The molecule has 1 atom stereocenters. The van der Waals surface area contributed by atoms with Crippen LogP contribution in [0.5, 0.6) is 0 Å². The number of hydrogen-bond donors (Lipinski definition) is 2. The third-order valence-corrected chi connectivity index (χ3v) is 1.94. The maximum absolute atomic E-state index is 11.3. The number of methoxy groups -OCH3 is 1. The summed E-state index contributed by atoms with van der Waals surface area (Å²) in [5, 5.41) is 2.34. The van der Waals surface area contributed by atoms with E-state index in [-0.39, 0.29) is 19.4 Å². The summed E-state index contributed by atoms with van der Waals surface area (Å²) in [4.78, 5) is 32.3. The first kappa shape index (κ1) is 15.5. The minimum Gasteiger partial charge on any atom is -0.468 e. The van der Waals surface area contributed by atoms with Gasteiger partial charge in [-0.3, -0.25) is 14.4 Å². The van der Waals surface area contributed by atoms with Crippen LogP contribution in [-0.2, 0) is 23.9 Å². The molecule has 0 aliphatic heterocycles. The maximum Gasteiger partial charge on any atom is 0.325 e. The molecule has 17 heavy (non-hydrogen) atoms. The van der Waals surface area contributed by atoms with Crippen LogP contribution in [0, 0.1) is 0 Å². The van der Waals surface area contributed by atoms with Crippen molar-refractivity contribution in [1.82, 2.24) is 5.32 Å². The molecule has 1 amide bonds. The van der Waals surface area contributed by atoms with Gasteiger partial charge in [0.1, 0.15) is 12.6 Å². The first-order valence-electron chi connectivity index (χ1n) is 4.84. The minimum absolute atomic E-state index is 0.0555. The topological polar surface area (TPSA) is 81.7 Å². The van der Waals surface area contributed by atoms with Gasteiger partial charge in [-0.2, -0.15) is 12.6 Å². The molecular weight excluding hydrogens is 246 g/mol. The van der Waals surface area contributed by atoms with E-state index in [4.69, 9.17) is 0 Å². The van der Waals surface area contributed by atoms with Crippen molar-refractivity contribution in [2.24, 2.45) is 0 Å². The highest BCUT2D eigenvalue weighted by Gasteiger charge is 2.12. The molecule has 0 rings (SSSR count). The second kappa shape index (κ2) is 9.71. The van der Waals surface area contributed by atoms with Gasteiger partial charge in [0, 0.05) is 5.75 Å². The zero-order chi connectivity index (χ0) is 13.1. The van der Waals surface area contributed by atoms with Crippen molar-refractivity contribution in [3.8, 4) is 0 Å². The second-order valence-electron chi connectivity index (χ2n) is 2.94. The summed E-state index contributed by atoms with van der Waals surface area (Å²) < 4.78 is 9.02. The van der Waals surface area contributed by atoms with Crippen molar-refractivity contribution in [2.45, 2.75) is 12.5 Å². The molecule has 0 bridgehead atoms. The lowest BCUT2D eigenvalue weighted by Gasteiger charge is -2.10. The van der Waals surface area contributed by atoms with Crippen LogP contribution in [0.25, 0.3) is 0 Å². The van der Waals surface area contributed by atoms with Gasteiger partial charge in [0.25, 0.3) is 6.47 Å². The van der Waals surface area contributed by atoms with Crippen LogP contribution in [0.2, 0.25) is 0 Å². The number of amides is 1. The molecule has 7 heteroatoms. The fourth-order valence-corrected chi connectivity index (χ4v) is 1.07. The van der Waals surface area contributed by atoms with E-state index in [0.29, 0.717) is 5.75 Å². The largest absolute Gasteiger partial charge is 0.468 e. The van der Waals surface area contributed by atoms with Gasteiger partial charge in [0.2, 0.25) is 5.91 Å². The van der Waals surface area contributed by atoms with E-state index in [1.807, 2.05) is 0 Å². The molecule has 0 spiro atoms. The molecule has 0 aliphatic carbocycles. The number of carbonyl (C=O) groups excluding carboxylic acids is 3. The molecule has 0 aliphatic rings.